The normalized spacial score (nSPS) is 26.5. The zero-order valence-corrected chi connectivity index (χ0v) is 13.6. The maximum absolute atomic E-state index is 6.21. The summed E-state index contributed by atoms with van der Waals surface area (Å²) < 4.78 is 6.21. The second-order valence-corrected chi connectivity index (χ2v) is 6.78. The lowest BCUT2D eigenvalue weighted by atomic mass is 9.71. The van der Waals surface area contributed by atoms with Crippen molar-refractivity contribution in [2.24, 2.45) is 5.41 Å². The van der Waals surface area contributed by atoms with E-state index in [2.05, 4.69) is 33.0 Å². The Hall–Kier alpha value is -0.0800. The number of hydrogen-bond donors (Lipinski definition) is 1. The third-order valence-electron chi connectivity index (χ3n) is 4.47. The van der Waals surface area contributed by atoms with Crippen LogP contribution in [0.4, 0.5) is 0 Å². The van der Waals surface area contributed by atoms with Crippen LogP contribution in [0.15, 0.2) is 0 Å². The van der Waals surface area contributed by atoms with Gasteiger partial charge in [-0.3, -0.25) is 0 Å². The molecule has 0 aromatic carbocycles. The van der Waals surface area contributed by atoms with Gasteiger partial charge in [-0.2, -0.15) is 0 Å². The van der Waals surface area contributed by atoms with Gasteiger partial charge in [-0.05, 0) is 37.6 Å². The Morgan fingerprint density at radius 1 is 1.11 bits per heavy atom. The lowest BCUT2D eigenvalue weighted by Crippen LogP contribution is -2.53. The van der Waals surface area contributed by atoms with Gasteiger partial charge in [0.2, 0.25) is 0 Å². The predicted molar refractivity (Wildman–Crippen MR) is 83.6 cm³/mol. The minimum Gasteiger partial charge on any atom is -0.377 e. The molecule has 0 bridgehead atoms. The van der Waals surface area contributed by atoms with Crippen molar-refractivity contribution in [1.29, 1.82) is 0 Å². The van der Waals surface area contributed by atoms with Crippen LogP contribution in [-0.2, 0) is 4.74 Å². The number of rotatable bonds is 9. The number of hydrogen-bond acceptors (Lipinski definition) is 2. The van der Waals surface area contributed by atoms with Crippen molar-refractivity contribution in [2.75, 3.05) is 13.2 Å². The van der Waals surface area contributed by atoms with Gasteiger partial charge in [0.25, 0.3) is 0 Å². The molecular formula is C17H35NO. The third-order valence-corrected chi connectivity index (χ3v) is 4.47. The Morgan fingerprint density at radius 3 is 2.58 bits per heavy atom. The van der Waals surface area contributed by atoms with Crippen LogP contribution < -0.4 is 5.32 Å². The molecule has 2 unspecified atom stereocenters. The fraction of sp³-hybridized carbons (Fsp3) is 1.00. The predicted octanol–water partition coefficient (Wildman–Crippen LogP) is 4.53. The minimum atomic E-state index is 0.376. The highest BCUT2D eigenvalue weighted by atomic mass is 16.5. The van der Waals surface area contributed by atoms with E-state index in [1.54, 1.807) is 0 Å². The lowest BCUT2D eigenvalue weighted by molar-refractivity contribution is -0.0382. The zero-order valence-electron chi connectivity index (χ0n) is 13.6. The van der Waals surface area contributed by atoms with Crippen molar-refractivity contribution in [3.05, 3.63) is 0 Å². The first kappa shape index (κ1) is 17.0. The highest BCUT2D eigenvalue weighted by Gasteiger charge is 2.38. The topological polar surface area (TPSA) is 21.3 Å². The van der Waals surface area contributed by atoms with E-state index in [-0.39, 0.29) is 0 Å². The molecule has 0 aromatic heterocycles. The summed E-state index contributed by atoms with van der Waals surface area (Å²) in [6, 6.07) is 0.535. The molecule has 2 atom stereocenters. The summed E-state index contributed by atoms with van der Waals surface area (Å²) in [6.07, 6.45) is 10.7. The quantitative estimate of drug-likeness (QED) is 0.621. The van der Waals surface area contributed by atoms with Gasteiger partial charge in [0.1, 0.15) is 0 Å². The summed E-state index contributed by atoms with van der Waals surface area (Å²) in [4.78, 5) is 0. The highest BCUT2D eigenvalue weighted by molar-refractivity contribution is 4.94. The maximum Gasteiger partial charge on any atom is 0.0733 e. The Kier molecular flexibility index (Phi) is 8.01. The van der Waals surface area contributed by atoms with Gasteiger partial charge < -0.3 is 10.1 Å². The molecule has 1 rings (SSSR count). The van der Waals surface area contributed by atoms with Crippen LogP contribution in [0.5, 0.6) is 0 Å². The van der Waals surface area contributed by atoms with E-state index in [1.807, 2.05) is 0 Å². The molecule has 0 heterocycles. The molecule has 19 heavy (non-hydrogen) atoms. The highest BCUT2D eigenvalue weighted by Crippen LogP contribution is 2.37. The molecule has 2 heteroatoms. The number of unbranched alkanes of at least 4 members (excludes halogenated alkanes) is 3. The maximum atomic E-state index is 6.21. The monoisotopic (exact) mass is 269 g/mol. The van der Waals surface area contributed by atoms with E-state index in [0.29, 0.717) is 17.6 Å². The molecule has 1 aliphatic rings. The Balaban J connectivity index is 2.38. The Bertz CT molecular complexity index is 227. The summed E-state index contributed by atoms with van der Waals surface area (Å²) in [5.74, 6) is 0. The van der Waals surface area contributed by atoms with Crippen molar-refractivity contribution in [1.82, 2.24) is 5.32 Å². The van der Waals surface area contributed by atoms with Gasteiger partial charge in [-0.25, -0.2) is 0 Å². The first-order valence-electron chi connectivity index (χ1n) is 8.46. The van der Waals surface area contributed by atoms with Gasteiger partial charge in [-0.1, -0.05) is 53.4 Å². The van der Waals surface area contributed by atoms with E-state index in [4.69, 9.17) is 4.74 Å². The van der Waals surface area contributed by atoms with Crippen LogP contribution in [-0.4, -0.2) is 25.3 Å². The Morgan fingerprint density at radius 2 is 1.89 bits per heavy atom. The first-order valence-corrected chi connectivity index (χ1v) is 8.46. The van der Waals surface area contributed by atoms with Crippen LogP contribution in [0.25, 0.3) is 0 Å². The number of ether oxygens (including phenoxy) is 1. The molecule has 0 spiro atoms. The molecule has 0 aromatic rings. The van der Waals surface area contributed by atoms with E-state index in [9.17, 15) is 0 Å². The summed E-state index contributed by atoms with van der Waals surface area (Å²) in [7, 11) is 0. The molecule has 1 saturated carbocycles. The van der Waals surface area contributed by atoms with Crippen molar-refractivity contribution >= 4 is 0 Å². The first-order chi connectivity index (χ1) is 9.11. The summed E-state index contributed by atoms with van der Waals surface area (Å²) in [5, 5.41) is 3.74. The van der Waals surface area contributed by atoms with E-state index >= 15 is 0 Å². The second-order valence-electron chi connectivity index (χ2n) is 6.78. The molecule has 0 saturated heterocycles. The largest absolute Gasteiger partial charge is 0.377 e. The van der Waals surface area contributed by atoms with Crippen LogP contribution in [0.1, 0.15) is 79.1 Å². The zero-order chi connectivity index (χ0) is 14.1. The van der Waals surface area contributed by atoms with E-state index < -0.39 is 0 Å². The van der Waals surface area contributed by atoms with Gasteiger partial charge in [-0.15, -0.1) is 0 Å². The minimum absolute atomic E-state index is 0.376. The van der Waals surface area contributed by atoms with E-state index in [0.717, 1.165) is 13.2 Å². The van der Waals surface area contributed by atoms with Gasteiger partial charge >= 0.3 is 0 Å². The van der Waals surface area contributed by atoms with Crippen LogP contribution in [0.2, 0.25) is 0 Å². The van der Waals surface area contributed by atoms with Crippen molar-refractivity contribution < 1.29 is 4.74 Å². The van der Waals surface area contributed by atoms with Crippen LogP contribution in [0.3, 0.4) is 0 Å². The second kappa shape index (κ2) is 8.97. The average molecular weight is 269 g/mol. The summed E-state index contributed by atoms with van der Waals surface area (Å²) >= 11 is 0. The molecule has 1 aliphatic carbocycles. The van der Waals surface area contributed by atoms with Gasteiger partial charge in [0.05, 0.1) is 6.10 Å². The molecule has 1 fully saturated rings. The SMILES string of the molecule is CCCCCCOC1CCCC(C)(C)C1NCCC. The summed E-state index contributed by atoms with van der Waals surface area (Å²) in [6.45, 7) is 11.4. The standard InChI is InChI=1S/C17H35NO/c1-5-7-8-9-14-19-15-11-10-12-17(3,4)16(15)18-13-6-2/h15-16,18H,5-14H2,1-4H3. The fourth-order valence-corrected chi connectivity index (χ4v) is 3.23. The number of nitrogens with one attached hydrogen (secondary N) is 1. The average Bonchev–Trinajstić information content (AvgIpc) is 2.37. The van der Waals surface area contributed by atoms with Gasteiger partial charge in [0, 0.05) is 12.6 Å². The molecule has 0 radical (unpaired) electrons. The smallest absolute Gasteiger partial charge is 0.0733 e. The fourth-order valence-electron chi connectivity index (χ4n) is 3.23. The molecule has 0 amide bonds. The van der Waals surface area contributed by atoms with E-state index in [1.165, 1.54) is 51.4 Å². The molecular weight excluding hydrogens is 234 g/mol. The van der Waals surface area contributed by atoms with Crippen molar-refractivity contribution in [2.45, 2.75) is 91.2 Å². The summed E-state index contributed by atoms with van der Waals surface area (Å²) in [5.41, 5.74) is 0.376. The van der Waals surface area contributed by atoms with Crippen LogP contribution >= 0.6 is 0 Å². The van der Waals surface area contributed by atoms with Gasteiger partial charge in [0.15, 0.2) is 0 Å². The molecule has 2 nitrogen and oxygen atoms in total. The lowest BCUT2D eigenvalue weighted by Gasteiger charge is -2.44. The van der Waals surface area contributed by atoms with Crippen molar-refractivity contribution in [3.8, 4) is 0 Å². The molecule has 1 N–H and O–H groups in total. The molecule has 114 valence electrons. The Labute approximate surface area is 120 Å². The van der Waals surface area contributed by atoms with Crippen molar-refractivity contribution in [3.63, 3.8) is 0 Å². The van der Waals surface area contributed by atoms with Crippen LogP contribution in [0, 0.1) is 5.41 Å². The third kappa shape index (κ3) is 5.83. The molecule has 0 aliphatic heterocycles.